The second kappa shape index (κ2) is 8.63. The van der Waals surface area contributed by atoms with Crippen LogP contribution in [0.3, 0.4) is 0 Å². The molecule has 0 aromatic heterocycles. The molecular formula is C22H30N2O3. The minimum Gasteiger partial charge on any atom is -0.493 e. The number of methoxy groups -OCH3 is 2. The molecule has 1 unspecified atom stereocenters. The van der Waals surface area contributed by atoms with Gasteiger partial charge in [-0.25, -0.2) is 0 Å². The van der Waals surface area contributed by atoms with Crippen LogP contribution in [0.15, 0.2) is 36.4 Å². The van der Waals surface area contributed by atoms with Gasteiger partial charge in [-0.2, -0.15) is 0 Å². The Kier molecular flexibility index (Phi) is 6.24. The van der Waals surface area contributed by atoms with Crippen molar-refractivity contribution in [1.29, 1.82) is 0 Å². The highest BCUT2D eigenvalue weighted by Crippen LogP contribution is 2.31. The topological polar surface area (TPSA) is 34.2 Å². The fraction of sp³-hybridized carbons (Fsp3) is 0.455. The fourth-order valence-corrected chi connectivity index (χ4v) is 3.60. The molecule has 0 spiro atoms. The quantitative estimate of drug-likeness (QED) is 0.779. The van der Waals surface area contributed by atoms with Crippen molar-refractivity contribution in [2.24, 2.45) is 0 Å². The Morgan fingerprint density at radius 2 is 1.85 bits per heavy atom. The molecule has 0 saturated carbocycles. The van der Waals surface area contributed by atoms with Crippen LogP contribution < -0.4 is 14.2 Å². The molecule has 0 amide bonds. The van der Waals surface area contributed by atoms with Gasteiger partial charge in [0.2, 0.25) is 0 Å². The first-order valence-electron chi connectivity index (χ1n) is 9.32. The van der Waals surface area contributed by atoms with Gasteiger partial charge >= 0.3 is 0 Å². The van der Waals surface area contributed by atoms with E-state index in [0.29, 0.717) is 12.6 Å². The number of hydrogen-bond donors (Lipinski definition) is 0. The Morgan fingerprint density at radius 1 is 1.07 bits per heavy atom. The first-order chi connectivity index (χ1) is 13.0. The number of rotatable bonds is 6. The standard InChI is InChI=1S/C22H30N2O3/c1-16-6-8-20-18(10-16)13-24(19(15-27-20)14-23(2)3)12-17-7-9-21(25-4)22(11-17)26-5/h6-11,19H,12-15H2,1-5H3. The SMILES string of the molecule is COc1ccc(CN2Cc3cc(C)ccc3OCC2CN(C)C)cc1OC. The summed E-state index contributed by atoms with van der Waals surface area (Å²) in [5.41, 5.74) is 3.71. The maximum Gasteiger partial charge on any atom is 0.161 e. The molecule has 0 saturated heterocycles. The lowest BCUT2D eigenvalue weighted by atomic mass is 10.1. The largest absolute Gasteiger partial charge is 0.493 e. The summed E-state index contributed by atoms with van der Waals surface area (Å²) in [6.45, 7) is 5.45. The van der Waals surface area contributed by atoms with Crippen LogP contribution in [-0.4, -0.2) is 57.3 Å². The summed E-state index contributed by atoms with van der Waals surface area (Å²) in [6.07, 6.45) is 0. The summed E-state index contributed by atoms with van der Waals surface area (Å²) in [7, 11) is 7.55. The number of ether oxygens (including phenoxy) is 3. The Morgan fingerprint density at radius 3 is 2.56 bits per heavy atom. The third kappa shape index (κ3) is 4.73. The summed E-state index contributed by atoms with van der Waals surface area (Å²) in [6, 6.07) is 12.9. The molecule has 0 fully saturated rings. The van der Waals surface area contributed by atoms with E-state index in [0.717, 1.165) is 36.9 Å². The van der Waals surface area contributed by atoms with E-state index >= 15 is 0 Å². The highest BCUT2D eigenvalue weighted by Gasteiger charge is 2.26. The van der Waals surface area contributed by atoms with Crippen molar-refractivity contribution >= 4 is 0 Å². The molecule has 2 aromatic carbocycles. The molecular weight excluding hydrogens is 340 g/mol. The van der Waals surface area contributed by atoms with Gasteiger partial charge in [0.25, 0.3) is 0 Å². The molecule has 0 N–H and O–H groups in total. The maximum atomic E-state index is 6.15. The van der Waals surface area contributed by atoms with E-state index in [1.54, 1.807) is 14.2 Å². The number of aryl methyl sites for hydroxylation is 1. The summed E-state index contributed by atoms with van der Waals surface area (Å²) >= 11 is 0. The van der Waals surface area contributed by atoms with Crippen molar-refractivity contribution in [3.8, 4) is 17.2 Å². The predicted molar refractivity (Wildman–Crippen MR) is 108 cm³/mol. The van der Waals surface area contributed by atoms with Gasteiger partial charge in [0, 0.05) is 25.2 Å². The van der Waals surface area contributed by atoms with Crippen molar-refractivity contribution < 1.29 is 14.2 Å². The van der Waals surface area contributed by atoms with Crippen LogP contribution in [0.5, 0.6) is 17.2 Å². The van der Waals surface area contributed by atoms with Gasteiger partial charge in [0.05, 0.1) is 20.3 Å². The first-order valence-corrected chi connectivity index (χ1v) is 9.32. The van der Waals surface area contributed by atoms with Gasteiger partial charge < -0.3 is 19.1 Å². The lowest BCUT2D eigenvalue weighted by Gasteiger charge is -2.31. The lowest BCUT2D eigenvalue weighted by Crippen LogP contribution is -2.43. The Labute approximate surface area is 162 Å². The third-order valence-electron chi connectivity index (χ3n) is 4.95. The van der Waals surface area contributed by atoms with E-state index in [1.165, 1.54) is 16.7 Å². The normalized spacial score (nSPS) is 17.2. The van der Waals surface area contributed by atoms with E-state index in [-0.39, 0.29) is 0 Å². The van der Waals surface area contributed by atoms with E-state index in [1.807, 2.05) is 6.07 Å². The van der Waals surface area contributed by atoms with E-state index in [4.69, 9.17) is 14.2 Å². The zero-order valence-electron chi connectivity index (χ0n) is 17.0. The smallest absolute Gasteiger partial charge is 0.161 e. The first kappa shape index (κ1) is 19.5. The minimum atomic E-state index is 0.306. The molecule has 3 rings (SSSR count). The van der Waals surface area contributed by atoms with Crippen LogP contribution in [0.2, 0.25) is 0 Å². The van der Waals surface area contributed by atoms with Crippen LogP contribution in [0, 0.1) is 6.92 Å². The number of nitrogens with zero attached hydrogens (tertiary/aromatic N) is 2. The highest BCUT2D eigenvalue weighted by atomic mass is 16.5. The summed E-state index contributed by atoms with van der Waals surface area (Å²) < 4.78 is 17.0. The monoisotopic (exact) mass is 370 g/mol. The Balaban J connectivity index is 1.88. The van der Waals surface area contributed by atoms with E-state index in [2.05, 4.69) is 61.2 Å². The molecule has 0 radical (unpaired) electrons. The zero-order valence-corrected chi connectivity index (χ0v) is 17.0. The van der Waals surface area contributed by atoms with Crippen molar-refractivity contribution in [3.63, 3.8) is 0 Å². The van der Waals surface area contributed by atoms with Crippen LogP contribution in [0.1, 0.15) is 16.7 Å². The van der Waals surface area contributed by atoms with Gasteiger partial charge in [-0.1, -0.05) is 23.8 Å². The molecule has 1 aliphatic heterocycles. The molecule has 2 aromatic rings. The van der Waals surface area contributed by atoms with Gasteiger partial charge in [-0.3, -0.25) is 4.90 Å². The van der Waals surface area contributed by atoms with Crippen molar-refractivity contribution in [1.82, 2.24) is 9.80 Å². The molecule has 1 heterocycles. The van der Waals surface area contributed by atoms with Crippen molar-refractivity contribution in [2.75, 3.05) is 41.5 Å². The third-order valence-corrected chi connectivity index (χ3v) is 4.95. The average Bonchev–Trinajstić information content (AvgIpc) is 2.80. The Hall–Kier alpha value is -2.24. The van der Waals surface area contributed by atoms with Crippen molar-refractivity contribution in [3.05, 3.63) is 53.1 Å². The molecule has 146 valence electrons. The average molecular weight is 370 g/mol. The van der Waals surface area contributed by atoms with Crippen LogP contribution >= 0.6 is 0 Å². The Bertz CT molecular complexity index is 776. The summed E-state index contributed by atoms with van der Waals surface area (Å²) in [4.78, 5) is 4.71. The van der Waals surface area contributed by atoms with Crippen LogP contribution in [-0.2, 0) is 13.1 Å². The lowest BCUT2D eigenvalue weighted by molar-refractivity contribution is 0.113. The van der Waals surface area contributed by atoms with E-state index in [9.17, 15) is 0 Å². The summed E-state index contributed by atoms with van der Waals surface area (Å²) in [5, 5.41) is 0. The van der Waals surface area contributed by atoms with Crippen molar-refractivity contribution in [2.45, 2.75) is 26.1 Å². The molecule has 1 atom stereocenters. The van der Waals surface area contributed by atoms with Gasteiger partial charge in [0.1, 0.15) is 12.4 Å². The predicted octanol–water partition coefficient (Wildman–Crippen LogP) is 3.34. The molecule has 5 nitrogen and oxygen atoms in total. The summed E-state index contributed by atoms with van der Waals surface area (Å²) in [5.74, 6) is 2.52. The second-order valence-electron chi connectivity index (χ2n) is 7.43. The van der Waals surface area contributed by atoms with Crippen LogP contribution in [0.25, 0.3) is 0 Å². The number of likely N-dealkylation sites (N-methyl/N-ethyl adjacent to an activating group) is 1. The zero-order chi connectivity index (χ0) is 19.4. The maximum absolute atomic E-state index is 6.15. The second-order valence-corrected chi connectivity index (χ2v) is 7.43. The van der Waals surface area contributed by atoms with Gasteiger partial charge in [0.15, 0.2) is 11.5 Å². The number of hydrogen-bond acceptors (Lipinski definition) is 5. The highest BCUT2D eigenvalue weighted by molar-refractivity contribution is 5.43. The molecule has 1 aliphatic rings. The molecule has 0 bridgehead atoms. The van der Waals surface area contributed by atoms with E-state index < -0.39 is 0 Å². The number of fused-ring (bicyclic) bond motifs is 1. The van der Waals surface area contributed by atoms with Gasteiger partial charge in [-0.15, -0.1) is 0 Å². The van der Waals surface area contributed by atoms with Gasteiger partial charge in [-0.05, 0) is 44.8 Å². The minimum absolute atomic E-state index is 0.306. The molecule has 0 aliphatic carbocycles. The fourth-order valence-electron chi connectivity index (χ4n) is 3.60. The number of benzene rings is 2. The molecule has 5 heteroatoms. The molecule has 27 heavy (non-hydrogen) atoms. The van der Waals surface area contributed by atoms with Crippen LogP contribution in [0.4, 0.5) is 0 Å².